The Morgan fingerprint density at radius 3 is 2.33 bits per heavy atom. The molecule has 2 aromatic rings. The zero-order valence-electron chi connectivity index (χ0n) is 11.7. The molecule has 108 valence electrons. The standard InChI is InChI=1S/C16H18N4O/c21-16(18-13-6-2-1-3-7-13)19-14-8-9-15(17-12-14)20-10-4-5-11-20/h1-3,6-9,12H,4-5,10-11H2,(H2,18,19,21). The number of urea groups is 1. The topological polar surface area (TPSA) is 57.3 Å². The lowest BCUT2D eigenvalue weighted by Gasteiger charge is -2.16. The second kappa shape index (κ2) is 6.26. The first-order valence-corrected chi connectivity index (χ1v) is 7.15. The van der Waals surface area contributed by atoms with Gasteiger partial charge in [0.1, 0.15) is 5.82 Å². The summed E-state index contributed by atoms with van der Waals surface area (Å²) in [7, 11) is 0. The molecule has 2 heterocycles. The highest BCUT2D eigenvalue weighted by molar-refractivity contribution is 5.99. The van der Waals surface area contributed by atoms with Crippen molar-refractivity contribution in [3.05, 3.63) is 48.7 Å². The fourth-order valence-corrected chi connectivity index (χ4v) is 2.41. The van der Waals surface area contributed by atoms with Gasteiger partial charge in [-0.2, -0.15) is 0 Å². The van der Waals surface area contributed by atoms with E-state index in [-0.39, 0.29) is 6.03 Å². The zero-order chi connectivity index (χ0) is 14.5. The summed E-state index contributed by atoms with van der Waals surface area (Å²) in [6.45, 7) is 2.13. The Kier molecular flexibility index (Phi) is 4.00. The largest absolute Gasteiger partial charge is 0.357 e. The lowest BCUT2D eigenvalue weighted by atomic mass is 10.3. The van der Waals surface area contributed by atoms with Gasteiger partial charge < -0.3 is 15.5 Å². The zero-order valence-corrected chi connectivity index (χ0v) is 11.7. The van der Waals surface area contributed by atoms with E-state index in [1.54, 1.807) is 6.20 Å². The number of amides is 2. The van der Waals surface area contributed by atoms with Gasteiger partial charge in [-0.3, -0.25) is 0 Å². The molecule has 0 radical (unpaired) electrons. The van der Waals surface area contributed by atoms with Crippen LogP contribution in [0.4, 0.5) is 22.0 Å². The molecule has 1 aromatic heterocycles. The Balaban J connectivity index is 1.58. The molecule has 2 amide bonds. The molecule has 0 atom stereocenters. The number of hydrogen-bond donors (Lipinski definition) is 2. The van der Waals surface area contributed by atoms with Crippen LogP contribution >= 0.6 is 0 Å². The predicted molar refractivity (Wildman–Crippen MR) is 84.8 cm³/mol. The lowest BCUT2D eigenvalue weighted by molar-refractivity contribution is 0.262. The summed E-state index contributed by atoms with van der Waals surface area (Å²) in [6, 6.07) is 12.9. The molecular weight excluding hydrogens is 264 g/mol. The van der Waals surface area contributed by atoms with Crippen molar-refractivity contribution in [2.45, 2.75) is 12.8 Å². The highest BCUT2D eigenvalue weighted by atomic mass is 16.2. The predicted octanol–water partition coefficient (Wildman–Crippen LogP) is 3.33. The molecule has 0 bridgehead atoms. The number of aromatic nitrogens is 1. The first kappa shape index (κ1) is 13.4. The first-order chi connectivity index (χ1) is 10.3. The van der Waals surface area contributed by atoms with Crippen molar-refractivity contribution in [2.24, 2.45) is 0 Å². The third kappa shape index (κ3) is 3.51. The summed E-state index contributed by atoms with van der Waals surface area (Å²) in [5.74, 6) is 0.974. The molecule has 5 nitrogen and oxygen atoms in total. The van der Waals surface area contributed by atoms with Crippen LogP contribution in [0.15, 0.2) is 48.7 Å². The van der Waals surface area contributed by atoms with Crippen molar-refractivity contribution in [1.29, 1.82) is 0 Å². The Labute approximate surface area is 124 Å². The number of anilines is 3. The minimum Gasteiger partial charge on any atom is -0.357 e. The van der Waals surface area contributed by atoms with Gasteiger partial charge >= 0.3 is 6.03 Å². The fraction of sp³-hybridized carbons (Fsp3) is 0.250. The summed E-state index contributed by atoms with van der Waals surface area (Å²) in [6.07, 6.45) is 4.14. The molecule has 1 saturated heterocycles. The molecule has 2 N–H and O–H groups in total. The van der Waals surface area contributed by atoms with E-state index in [1.165, 1.54) is 12.8 Å². The number of carbonyl (C=O) groups is 1. The Bertz CT molecular complexity index is 591. The van der Waals surface area contributed by atoms with Gasteiger partial charge in [-0.25, -0.2) is 9.78 Å². The van der Waals surface area contributed by atoms with E-state index in [2.05, 4.69) is 20.5 Å². The number of pyridine rings is 1. The van der Waals surface area contributed by atoms with Crippen LogP contribution in [-0.2, 0) is 0 Å². The van der Waals surface area contributed by atoms with Crippen molar-refractivity contribution in [2.75, 3.05) is 28.6 Å². The number of nitrogens with one attached hydrogen (secondary N) is 2. The Morgan fingerprint density at radius 1 is 0.952 bits per heavy atom. The minimum absolute atomic E-state index is 0.267. The SMILES string of the molecule is O=C(Nc1ccccc1)Nc1ccc(N2CCCC2)nc1. The maximum Gasteiger partial charge on any atom is 0.323 e. The highest BCUT2D eigenvalue weighted by Crippen LogP contribution is 2.19. The van der Waals surface area contributed by atoms with Crippen LogP contribution in [-0.4, -0.2) is 24.1 Å². The monoisotopic (exact) mass is 282 g/mol. The van der Waals surface area contributed by atoms with Gasteiger partial charge in [0.2, 0.25) is 0 Å². The van der Waals surface area contributed by atoms with Gasteiger partial charge in [-0.1, -0.05) is 18.2 Å². The lowest BCUT2D eigenvalue weighted by Crippen LogP contribution is -2.21. The molecule has 0 unspecified atom stereocenters. The average molecular weight is 282 g/mol. The van der Waals surface area contributed by atoms with E-state index in [0.29, 0.717) is 5.69 Å². The molecule has 21 heavy (non-hydrogen) atoms. The molecule has 5 heteroatoms. The quantitative estimate of drug-likeness (QED) is 0.908. The molecule has 1 aromatic carbocycles. The summed E-state index contributed by atoms with van der Waals surface area (Å²) < 4.78 is 0. The average Bonchev–Trinajstić information content (AvgIpc) is 3.03. The second-order valence-electron chi connectivity index (χ2n) is 5.04. The number of para-hydroxylation sites is 1. The van der Waals surface area contributed by atoms with Crippen LogP contribution in [0.2, 0.25) is 0 Å². The smallest absolute Gasteiger partial charge is 0.323 e. The third-order valence-electron chi connectivity index (χ3n) is 3.47. The highest BCUT2D eigenvalue weighted by Gasteiger charge is 2.13. The van der Waals surface area contributed by atoms with Gasteiger partial charge in [0.15, 0.2) is 0 Å². The van der Waals surface area contributed by atoms with Gasteiger partial charge in [0.05, 0.1) is 11.9 Å². The summed E-state index contributed by atoms with van der Waals surface area (Å²) in [5.41, 5.74) is 1.45. The van der Waals surface area contributed by atoms with Crippen molar-refractivity contribution < 1.29 is 4.79 Å². The van der Waals surface area contributed by atoms with E-state index in [0.717, 1.165) is 24.6 Å². The van der Waals surface area contributed by atoms with Gasteiger partial charge in [0, 0.05) is 18.8 Å². The number of rotatable bonds is 3. The molecular formula is C16H18N4O. The summed E-state index contributed by atoms with van der Waals surface area (Å²) in [4.78, 5) is 18.5. The van der Waals surface area contributed by atoms with Crippen LogP contribution in [0, 0.1) is 0 Å². The minimum atomic E-state index is -0.267. The van der Waals surface area contributed by atoms with E-state index >= 15 is 0 Å². The van der Waals surface area contributed by atoms with Crippen molar-refractivity contribution in [1.82, 2.24) is 4.98 Å². The van der Waals surface area contributed by atoms with Crippen LogP contribution in [0.1, 0.15) is 12.8 Å². The molecule has 3 rings (SSSR count). The van der Waals surface area contributed by atoms with Crippen LogP contribution < -0.4 is 15.5 Å². The maximum absolute atomic E-state index is 11.9. The molecule has 1 fully saturated rings. The molecule has 0 aliphatic carbocycles. The van der Waals surface area contributed by atoms with E-state index in [4.69, 9.17) is 0 Å². The normalized spacial score (nSPS) is 14.0. The summed E-state index contributed by atoms with van der Waals surface area (Å²) in [5, 5.41) is 5.55. The Morgan fingerprint density at radius 2 is 1.67 bits per heavy atom. The fourth-order valence-electron chi connectivity index (χ4n) is 2.41. The van der Waals surface area contributed by atoms with E-state index in [9.17, 15) is 4.79 Å². The van der Waals surface area contributed by atoms with Crippen molar-refractivity contribution in [3.63, 3.8) is 0 Å². The summed E-state index contributed by atoms with van der Waals surface area (Å²) >= 11 is 0. The van der Waals surface area contributed by atoms with Crippen LogP contribution in [0.3, 0.4) is 0 Å². The van der Waals surface area contributed by atoms with Gasteiger partial charge in [0.25, 0.3) is 0 Å². The number of hydrogen-bond acceptors (Lipinski definition) is 3. The van der Waals surface area contributed by atoms with Gasteiger partial charge in [-0.15, -0.1) is 0 Å². The number of nitrogens with zero attached hydrogens (tertiary/aromatic N) is 2. The van der Waals surface area contributed by atoms with Crippen molar-refractivity contribution in [3.8, 4) is 0 Å². The van der Waals surface area contributed by atoms with Gasteiger partial charge in [-0.05, 0) is 37.1 Å². The molecule has 0 spiro atoms. The molecule has 1 aliphatic heterocycles. The van der Waals surface area contributed by atoms with Crippen LogP contribution in [0.5, 0.6) is 0 Å². The Hall–Kier alpha value is -2.56. The van der Waals surface area contributed by atoms with Crippen LogP contribution in [0.25, 0.3) is 0 Å². The molecule has 0 saturated carbocycles. The number of carbonyl (C=O) groups excluding carboxylic acids is 1. The number of benzene rings is 1. The van der Waals surface area contributed by atoms with Crippen molar-refractivity contribution >= 4 is 23.2 Å². The second-order valence-corrected chi connectivity index (χ2v) is 5.04. The van der Waals surface area contributed by atoms with E-state index in [1.807, 2.05) is 42.5 Å². The maximum atomic E-state index is 11.9. The third-order valence-corrected chi connectivity index (χ3v) is 3.47. The van der Waals surface area contributed by atoms with E-state index < -0.39 is 0 Å². The molecule has 1 aliphatic rings. The first-order valence-electron chi connectivity index (χ1n) is 7.15.